The second-order valence-electron chi connectivity index (χ2n) is 5.65. The van der Waals surface area contributed by atoms with E-state index in [1.54, 1.807) is 13.0 Å². The van der Waals surface area contributed by atoms with Crippen LogP contribution in [-0.4, -0.2) is 12.7 Å². The van der Waals surface area contributed by atoms with Crippen LogP contribution in [0.4, 0.5) is 8.78 Å². The minimum Gasteiger partial charge on any atom is -0.498 e. The minimum absolute atomic E-state index is 0.0233. The van der Waals surface area contributed by atoms with Crippen molar-refractivity contribution in [1.82, 2.24) is 0 Å². The number of ether oxygens (including phenoxy) is 2. The Kier molecular flexibility index (Phi) is 6.22. The average molecular weight is 310 g/mol. The Bertz CT molecular complexity index is 526. The molecule has 1 aliphatic rings. The Morgan fingerprint density at radius 2 is 2.00 bits per heavy atom. The summed E-state index contributed by atoms with van der Waals surface area (Å²) >= 11 is 0. The third kappa shape index (κ3) is 4.21. The lowest BCUT2D eigenvalue weighted by atomic mass is 9.97. The van der Waals surface area contributed by atoms with Crippen molar-refractivity contribution in [3.8, 4) is 5.75 Å². The molecule has 0 saturated heterocycles. The Morgan fingerprint density at radius 3 is 2.64 bits per heavy atom. The Morgan fingerprint density at radius 1 is 1.18 bits per heavy atom. The molecule has 0 radical (unpaired) electrons. The lowest BCUT2D eigenvalue weighted by Gasteiger charge is -2.23. The summed E-state index contributed by atoms with van der Waals surface area (Å²) in [4.78, 5) is 0. The van der Waals surface area contributed by atoms with Gasteiger partial charge in [-0.05, 0) is 56.2 Å². The highest BCUT2D eigenvalue weighted by Gasteiger charge is 2.18. The fourth-order valence-electron chi connectivity index (χ4n) is 2.73. The van der Waals surface area contributed by atoms with Crippen molar-refractivity contribution in [3.63, 3.8) is 0 Å². The smallest absolute Gasteiger partial charge is 0.200 e. The predicted octanol–water partition coefficient (Wildman–Crippen LogP) is 5.16. The first-order chi connectivity index (χ1) is 10.7. The van der Waals surface area contributed by atoms with E-state index in [1.165, 1.54) is 11.6 Å². The summed E-state index contributed by atoms with van der Waals surface area (Å²) in [7, 11) is 0. The first-order valence-electron chi connectivity index (χ1n) is 8.08. The summed E-state index contributed by atoms with van der Waals surface area (Å²) in [5, 5.41) is 0. The molecule has 2 rings (SSSR count). The van der Waals surface area contributed by atoms with Crippen LogP contribution in [0.2, 0.25) is 0 Å². The summed E-state index contributed by atoms with van der Waals surface area (Å²) in [6, 6.07) is 3.10. The maximum absolute atomic E-state index is 14.0. The van der Waals surface area contributed by atoms with E-state index in [2.05, 4.69) is 6.92 Å². The summed E-state index contributed by atoms with van der Waals surface area (Å²) in [6.07, 6.45) is 7.30. The van der Waals surface area contributed by atoms with Crippen molar-refractivity contribution in [3.05, 3.63) is 41.2 Å². The van der Waals surface area contributed by atoms with Gasteiger partial charge in [0.05, 0.1) is 19.0 Å². The van der Waals surface area contributed by atoms with Crippen molar-refractivity contribution < 1.29 is 18.3 Å². The van der Waals surface area contributed by atoms with Crippen LogP contribution in [0.3, 0.4) is 0 Å². The Balaban J connectivity index is 1.91. The molecular formula is C18H24F2O2. The lowest BCUT2D eigenvalue weighted by Crippen LogP contribution is -2.16. The normalized spacial score (nSPS) is 17.8. The fourth-order valence-corrected chi connectivity index (χ4v) is 2.73. The van der Waals surface area contributed by atoms with Gasteiger partial charge in [-0.15, -0.1) is 0 Å². The van der Waals surface area contributed by atoms with E-state index >= 15 is 0 Å². The first-order valence-corrected chi connectivity index (χ1v) is 8.08. The molecule has 2 nitrogen and oxygen atoms in total. The van der Waals surface area contributed by atoms with Crippen LogP contribution >= 0.6 is 0 Å². The van der Waals surface area contributed by atoms with Gasteiger partial charge in [0.15, 0.2) is 11.6 Å². The summed E-state index contributed by atoms with van der Waals surface area (Å²) in [6.45, 7) is 4.21. The maximum atomic E-state index is 14.0. The van der Waals surface area contributed by atoms with E-state index in [-0.39, 0.29) is 11.9 Å². The molecule has 0 N–H and O–H groups in total. The van der Waals surface area contributed by atoms with Crippen molar-refractivity contribution in [2.24, 2.45) is 0 Å². The summed E-state index contributed by atoms with van der Waals surface area (Å²) < 4.78 is 38.6. The van der Waals surface area contributed by atoms with Gasteiger partial charge in [0.1, 0.15) is 0 Å². The molecule has 0 bridgehead atoms. The van der Waals surface area contributed by atoms with Crippen LogP contribution in [0.25, 0.3) is 0 Å². The SMILES string of the molecule is CCCC1=COC(CCc2ccc(OCC)c(F)c2F)CC1. The molecule has 0 fully saturated rings. The predicted molar refractivity (Wildman–Crippen MR) is 82.9 cm³/mol. The number of benzene rings is 1. The van der Waals surface area contributed by atoms with Crippen LogP contribution in [-0.2, 0) is 11.2 Å². The molecule has 4 heteroatoms. The third-order valence-corrected chi connectivity index (χ3v) is 3.95. The number of hydrogen-bond acceptors (Lipinski definition) is 2. The van der Waals surface area contributed by atoms with Gasteiger partial charge in [-0.3, -0.25) is 0 Å². The second-order valence-corrected chi connectivity index (χ2v) is 5.65. The summed E-state index contributed by atoms with van der Waals surface area (Å²) in [5.41, 5.74) is 1.73. The van der Waals surface area contributed by atoms with Crippen LogP contribution in [0.1, 0.15) is 51.5 Å². The van der Waals surface area contributed by atoms with Gasteiger partial charge in [0, 0.05) is 0 Å². The van der Waals surface area contributed by atoms with Crippen molar-refractivity contribution in [2.75, 3.05) is 6.61 Å². The van der Waals surface area contributed by atoms with Crippen LogP contribution in [0.15, 0.2) is 24.0 Å². The van der Waals surface area contributed by atoms with Gasteiger partial charge in [0.25, 0.3) is 0 Å². The lowest BCUT2D eigenvalue weighted by molar-refractivity contribution is 0.110. The van der Waals surface area contributed by atoms with Crippen LogP contribution in [0, 0.1) is 11.6 Å². The molecule has 0 aliphatic carbocycles. The van der Waals surface area contributed by atoms with Crippen molar-refractivity contribution in [2.45, 2.75) is 58.5 Å². The zero-order chi connectivity index (χ0) is 15.9. The zero-order valence-electron chi connectivity index (χ0n) is 13.3. The molecule has 0 amide bonds. The molecule has 1 unspecified atom stereocenters. The topological polar surface area (TPSA) is 18.5 Å². The molecular weight excluding hydrogens is 286 g/mol. The molecule has 0 saturated carbocycles. The number of aryl methyl sites for hydroxylation is 1. The Hall–Kier alpha value is -1.58. The van der Waals surface area contributed by atoms with Crippen LogP contribution in [0.5, 0.6) is 5.75 Å². The molecule has 22 heavy (non-hydrogen) atoms. The highest BCUT2D eigenvalue weighted by molar-refractivity contribution is 5.31. The van der Waals surface area contributed by atoms with E-state index in [1.807, 2.05) is 6.26 Å². The van der Waals surface area contributed by atoms with Gasteiger partial charge in [0.2, 0.25) is 5.82 Å². The van der Waals surface area contributed by atoms with Crippen molar-refractivity contribution >= 4 is 0 Å². The van der Waals surface area contributed by atoms with Gasteiger partial charge < -0.3 is 9.47 Å². The second kappa shape index (κ2) is 8.16. The highest BCUT2D eigenvalue weighted by Crippen LogP contribution is 2.27. The third-order valence-electron chi connectivity index (χ3n) is 3.95. The van der Waals surface area contributed by atoms with Gasteiger partial charge >= 0.3 is 0 Å². The van der Waals surface area contributed by atoms with Crippen LogP contribution < -0.4 is 4.74 Å². The van der Waals surface area contributed by atoms with E-state index in [0.717, 1.165) is 25.7 Å². The first kappa shape index (κ1) is 16.8. The fraction of sp³-hybridized carbons (Fsp3) is 0.556. The summed E-state index contributed by atoms with van der Waals surface area (Å²) in [5.74, 6) is -1.72. The van der Waals surface area contributed by atoms with E-state index < -0.39 is 11.6 Å². The number of rotatable bonds is 7. The Labute approximate surface area is 131 Å². The molecule has 1 aromatic carbocycles. The highest BCUT2D eigenvalue weighted by atomic mass is 19.2. The van der Waals surface area contributed by atoms with E-state index in [9.17, 15) is 8.78 Å². The molecule has 1 aromatic rings. The molecule has 1 aliphatic heterocycles. The standard InChI is InChI=1S/C18H24F2O2/c1-3-5-13-6-9-15(22-12-13)10-7-14-8-11-16(21-4-2)18(20)17(14)19/h8,11-12,15H,3-7,9-10H2,1-2H3. The minimum atomic E-state index is -0.894. The van der Waals surface area contributed by atoms with Gasteiger partial charge in [-0.2, -0.15) is 4.39 Å². The van der Waals surface area contributed by atoms with Gasteiger partial charge in [-0.25, -0.2) is 4.39 Å². The van der Waals surface area contributed by atoms with Crippen molar-refractivity contribution in [1.29, 1.82) is 0 Å². The zero-order valence-corrected chi connectivity index (χ0v) is 13.3. The monoisotopic (exact) mass is 310 g/mol. The van der Waals surface area contributed by atoms with E-state index in [0.29, 0.717) is 25.0 Å². The largest absolute Gasteiger partial charge is 0.498 e. The average Bonchev–Trinajstić information content (AvgIpc) is 2.53. The van der Waals surface area contributed by atoms with E-state index in [4.69, 9.17) is 9.47 Å². The number of allylic oxidation sites excluding steroid dienone is 1. The number of hydrogen-bond donors (Lipinski definition) is 0. The molecule has 1 atom stereocenters. The molecule has 1 heterocycles. The quantitative estimate of drug-likeness (QED) is 0.692. The number of halogens is 2. The molecule has 0 aromatic heterocycles. The molecule has 122 valence electrons. The van der Waals surface area contributed by atoms with Gasteiger partial charge in [-0.1, -0.05) is 19.4 Å². The maximum Gasteiger partial charge on any atom is 0.200 e. The molecule has 0 spiro atoms.